The Bertz CT molecular complexity index is 588. The largest absolute Gasteiger partial charge is 0.481 e. The number of aryl methyl sites for hydroxylation is 1. The lowest BCUT2D eigenvalue weighted by atomic mass is 9.82. The standard InChI is InChI=1S/C14H15NO2/c1-9-8-11(14(2,3)13(16)17)10-6-4-5-7-12(10)15-9/h4-8H,1-3H3,(H,16,17). The first kappa shape index (κ1) is 11.6. The molecule has 0 fully saturated rings. The summed E-state index contributed by atoms with van der Waals surface area (Å²) in [4.78, 5) is 15.8. The Morgan fingerprint density at radius 3 is 2.59 bits per heavy atom. The number of hydrogen-bond donors (Lipinski definition) is 1. The molecular formula is C14H15NO2. The Morgan fingerprint density at radius 2 is 1.94 bits per heavy atom. The van der Waals surface area contributed by atoms with Crippen molar-refractivity contribution in [2.45, 2.75) is 26.2 Å². The summed E-state index contributed by atoms with van der Waals surface area (Å²) in [7, 11) is 0. The molecule has 3 nitrogen and oxygen atoms in total. The van der Waals surface area contributed by atoms with Crippen LogP contribution in [0.5, 0.6) is 0 Å². The molecule has 0 unspecified atom stereocenters. The van der Waals surface area contributed by atoms with Crippen LogP contribution >= 0.6 is 0 Å². The van der Waals surface area contributed by atoms with Crippen molar-refractivity contribution in [3.8, 4) is 0 Å². The van der Waals surface area contributed by atoms with Gasteiger partial charge >= 0.3 is 5.97 Å². The summed E-state index contributed by atoms with van der Waals surface area (Å²) < 4.78 is 0. The summed E-state index contributed by atoms with van der Waals surface area (Å²) in [5.41, 5.74) is 1.59. The minimum absolute atomic E-state index is 0.813. The molecule has 0 bridgehead atoms. The molecule has 88 valence electrons. The Hall–Kier alpha value is -1.90. The molecule has 17 heavy (non-hydrogen) atoms. The van der Waals surface area contributed by atoms with Crippen molar-refractivity contribution in [2.24, 2.45) is 0 Å². The van der Waals surface area contributed by atoms with Gasteiger partial charge in [0.05, 0.1) is 10.9 Å². The van der Waals surface area contributed by atoms with E-state index in [9.17, 15) is 9.90 Å². The SMILES string of the molecule is Cc1cc(C(C)(C)C(=O)O)c2ccccc2n1. The molecular weight excluding hydrogens is 214 g/mol. The van der Waals surface area contributed by atoms with Gasteiger partial charge < -0.3 is 5.11 Å². The van der Waals surface area contributed by atoms with Gasteiger partial charge in [-0.2, -0.15) is 0 Å². The number of aliphatic carboxylic acids is 1. The zero-order valence-electron chi connectivity index (χ0n) is 10.2. The predicted molar refractivity (Wildman–Crippen MR) is 67.1 cm³/mol. The third-order valence-corrected chi connectivity index (χ3v) is 3.05. The maximum absolute atomic E-state index is 11.4. The van der Waals surface area contributed by atoms with E-state index in [1.807, 2.05) is 37.3 Å². The van der Waals surface area contributed by atoms with E-state index in [0.29, 0.717) is 0 Å². The maximum atomic E-state index is 11.4. The summed E-state index contributed by atoms with van der Waals surface area (Å²) in [6, 6.07) is 9.50. The van der Waals surface area contributed by atoms with E-state index < -0.39 is 11.4 Å². The van der Waals surface area contributed by atoms with Crippen molar-refractivity contribution in [3.63, 3.8) is 0 Å². The molecule has 0 radical (unpaired) electrons. The smallest absolute Gasteiger partial charge is 0.313 e. The highest BCUT2D eigenvalue weighted by Gasteiger charge is 2.31. The fraction of sp³-hybridized carbons (Fsp3) is 0.286. The number of carboxylic acid groups (broad SMARTS) is 1. The molecule has 2 aromatic rings. The van der Waals surface area contributed by atoms with Gasteiger partial charge in [0.15, 0.2) is 0 Å². The second kappa shape index (κ2) is 3.84. The van der Waals surface area contributed by atoms with Crippen LogP contribution in [0.2, 0.25) is 0 Å². The molecule has 0 saturated heterocycles. The molecule has 3 heteroatoms. The van der Waals surface area contributed by atoms with Gasteiger partial charge in [0.25, 0.3) is 0 Å². The van der Waals surface area contributed by atoms with E-state index in [-0.39, 0.29) is 0 Å². The molecule has 1 heterocycles. The Kier molecular flexibility index (Phi) is 2.62. The van der Waals surface area contributed by atoms with Crippen molar-refractivity contribution in [1.82, 2.24) is 4.98 Å². The lowest BCUT2D eigenvalue weighted by Crippen LogP contribution is -2.29. The van der Waals surface area contributed by atoms with Gasteiger partial charge in [-0.25, -0.2) is 0 Å². The minimum atomic E-state index is -0.909. The second-order valence-electron chi connectivity index (χ2n) is 4.76. The summed E-state index contributed by atoms with van der Waals surface area (Å²) in [6.45, 7) is 5.32. The van der Waals surface area contributed by atoms with Crippen LogP contribution in [0.3, 0.4) is 0 Å². The van der Waals surface area contributed by atoms with Crippen LogP contribution in [0.15, 0.2) is 30.3 Å². The number of carboxylic acids is 1. The number of rotatable bonds is 2. The van der Waals surface area contributed by atoms with Crippen LogP contribution in [0.25, 0.3) is 10.9 Å². The number of nitrogens with zero attached hydrogens (tertiary/aromatic N) is 1. The number of fused-ring (bicyclic) bond motifs is 1. The predicted octanol–water partition coefficient (Wildman–Crippen LogP) is 2.91. The zero-order valence-corrected chi connectivity index (χ0v) is 10.2. The van der Waals surface area contributed by atoms with Crippen LogP contribution in [0.4, 0.5) is 0 Å². The number of hydrogen-bond acceptors (Lipinski definition) is 2. The van der Waals surface area contributed by atoms with Gasteiger partial charge in [-0.05, 0) is 38.5 Å². The molecule has 1 aromatic heterocycles. The molecule has 0 spiro atoms. The molecule has 0 saturated carbocycles. The summed E-state index contributed by atoms with van der Waals surface area (Å²) in [5, 5.41) is 10.2. The Labute approximate surface area is 100 Å². The lowest BCUT2D eigenvalue weighted by molar-refractivity contribution is -0.142. The molecule has 0 aliphatic heterocycles. The average molecular weight is 229 g/mol. The fourth-order valence-corrected chi connectivity index (χ4v) is 1.94. The topological polar surface area (TPSA) is 50.2 Å². The summed E-state index contributed by atoms with van der Waals surface area (Å²) in [5.74, 6) is -0.826. The van der Waals surface area contributed by atoms with Crippen molar-refractivity contribution in [3.05, 3.63) is 41.6 Å². The number of para-hydroxylation sites is 1. The molecule has 0 aliphatic rings. The zero-order chi connectivity index (χ0) is 12.6. The van der Waals surface area contributed by atoms with Gasteiger partial charge in [-0.3, -0.25) is 9.78 Å². The summed E-state index contributed by atoms with van der Waals surface area (Å²) in [6.07, 6.45) is 0. The van der Waals surface area contributed by atoms with E-state index in [2.05, 4.69) is 4.98 Å². The van der Waals surface area contributed by atoms with Crippen molar-refractivity contribution >= 4 is 16.9 Å². The summed E-state index contributed by atoms with van der Waals surface area (Å²) >= 11 is 0. The number of aromatic nitrogens is 1. The van der Waals surface area contributed by atoms with Crippen LogP contribution in [-0.4, -0.2) is 16.1 Å². The van der Waals surface area contributed by atoms with Crippen LogP contribution < -0.4 is 0 Å². The molecule has 2 rings (SSSR count). The Morgan fingerprint density at radius 1 is 1.29 bits per heavy atom. The van der Waals surface area contributed by atoms with Gasteiger partial charge in [-0.15, -0.1) is 0 Å². The maximum Gasteiger partial charge on any atom is 0.313 e. The quantitative estimate of drug-likeness (QED) is 0.861. The normalized spacial score (nSPS) is 11.7. The second-order valence-corrected chi connectivity index (χ2v) is 4.76. The monoisotopic (exact) mass is 229 g/mol. The van der Waals surface area contributed by atoms with Gasteiger partial charge in [0.2, 0.25) is 0 Å². The van der Waals surface area contributed by atoms with Gasteiger partial charge in [-0.1, -0.05) is 18.2 Å². The van der Waals surface area contributed by atoms with E-state index in [0.717, 1.165) is 22.2 Å². The average Bonchev–Trinajstić information content (AvgIpc) is 2.27. The van der Waals surface area contributed by atoms with Crippen molar-refractivity contribution in [1.29, 1.82) is 0 Å². The first-order valence-corrected chi connectivity index (χ1v) is 5.53. The fourth-order valence-electron chi connectivity index (χ4n) is 1.94. The number of pyridine rings is 1. The molecule has 1 N–H and O–H groups in total. The minimum Gasteiger partial charge on any atom is -0.481 e. The lowest BCUT2D eigenvalue weighted by Gasteiger charge is -2.22. The third kappa shape index (κ3) is 1.88. The van der Waals surface area contributed by atoms with Crippen molar-refractivity contribution < 1.29 is 9.90 Å². The number of benzene rings is 1. The van der Waals surface area contributed by atoms with Crippen LogP contribution in [0, 0.1) is 6.92 Å². The van der Waals surface area contributed by atoms with Crippen LogP contribution in [-0.2, 0) is 10.2 Å². The van der Waals surface area contributed by atoms with Gasteiger partial charge in [0.1, 0.15) is 0 Å². The third-order valence-electron chi connectivity index (χ3n) is 3.05. The first-order chi connectivity index (χ1) is 7.93. The van der Waals surface area contributed by atoms with Gasteiger partial charge in [0, 0.05) is 11.1 Å². The first-order valence-electron chi connectivity index (χ1n) is 5.53. The van der Waals surface area contributed by atoms with E-state index in [1.165, 1.54) is 0 Å². The van der Waals surface area contributed by atoms with Crippen LogP contribution in [0.1, 0.15) is 25.1 Å². The molecule has 0 amide bonds. The number of carbonyl (C=O) groups is 1. The molecule has 0 aliphatic carbocycles. The van der Waals surface area contributed by atoms with Crippen molar-refractivity contribution in [2.75, 3.05) is 0 Å². The Balaban J connectivity index is 2.81. The van der Waals surface area contributed by atoms with E-state index >= 15 is 0 Å². The highest BCUT2D eigenvalue weighted by atomic mass is 16.4. The highest BCUT2D eigenvalue weighted by Crippen LogP contribution is 2.30. The van der Waals surface area contributed by atoms with E-state index in [1.54, 1.807) is 13.8 Å². The molecule has 0 atom stereocenters. The molecule has 1 aromatic carbocycles. The highest BCUT2D eigenvalue weighted by molar-refractivity contribution is 5.90. The van der Waals surface area contributed by atoms with E-state index in [4.69, 9.17) is 0 Å².